The third-order valence-electron chi connectivity index (χ3n) is 3.63. The van der Waals surface area contributed by atoms with Gasteiger partial charge < -0.3 is 10.6 Å². The monoisotopic (exact) mass is 317 g/mol. The number of nitrogens with two attached hydrogens (primary N) is 1. The summed E-state index contributed by atoms with van der Waals surface area (Å²) < 4.78 is 27.3. The van der Waals surface area contributed by atoms with E-state index >= 15 is 0 Å². The molecule has 7 heteroatoms. The van der Waals surface area contributed by atoms with Crippen LogP contribution in [-0.2, 0) is 10.0 Å². The van der Waals surface area contributed by atoms with Gasteiger partial charge in [-0.15, -0.1) is 0 Å². The summed E-state index contributed by atoms with van der Waals surface area (Å²) in [4.78, 5) is 2.47. The van der Waals surface area contributed by atoms with Crippen molar-refractivity contribution in [1.29, 1.82) is 0 Å². The van der Waals surface area contributed by atoms with Crippen LogP contribution in [0.3, 0.4) is 0 Å². The van der Waals surface area contributed by atoms with E-state index in [2.05, 4.69) is 16.5 Å². The highest BCUT2D eigenvalue weighted by atomic mass is 35.5. The molecular formula is C13H20ClN3O2S. The molecule has 20 heavy (non-hydrogen) atoms. The lowest BCUT2D eigenvalue weighted by Gasteiger charge is -2.31. The third-order valence-corrected chi connectivity index (χ3v) is 5.50. The standard InChI is InChI=1S/C13H20ClN3O2S/c1-2-17-7-5-10(6-8-17)16-20(18,19)11-3-4-12(14)13(15)9-11/h3-4,9-10,16H,2,5-8,15H2,1H3. The number of nitrogen functional groups attached to an aromatic ring is 1. The van der Waals surface area contributed by atoms with E-state index in [9.17, 15) is 8.42 Å². The second-order valence-electron chi connectivity index (χ2n) is 5.01. The van der Waals surface area contributed by atoms with Gasteiger partial charge in [0.15, 0.2) is 0 Å². The van der Waals surface area contributed by atoms with Gasteiger partial charge in [-0.1, -0.05) is 18.5 Å². The normalized spacial score (nSPS) is 18.3. The molecule has 2 rings (SSSR count). The molecule has 0 aromatic heterocycles. The minimum Gasteiger partial charge on any atom is -0.397 e. The van der Waals surface area contributed by atoms with E-state index in [4.69, 9.17) is 17.3 Å². The van der Waals surface area contributed by atoms with Gasteiger partial charge in [0.05, 0.1) is 15.6 Å². The summed E-state index contributed by atoms with van der Waals surface area (Å²) in [5.74, 6) is 0. The Bertz CT molecular complexity index is 569. The molecule has 1 fully saturated rings. The lowest BCUT2D eigenvalue weighted by Crippen LogP contribution is -2.44. The Kier molecular flexibility index (Phi) is 4.90. The lowest BCUT2D eigenvalue weighted by molar-refractivity contribution is 0.217. The fourth-order valence-electron chi connectivity index (χ4n) is 2.34. The van der Waals surface area contributed by atoms with Crippen LogP contribution in [0.2, 0.25) is 5.02 Å². The van der Waals surface area contributed by atoms with Crippen LogP contribution in [0.15, 0.2) is 23.1 Å². The van der Waals surface area contributed by atoms with Crippen LogP contribution in [-0.4, -0.2) is 39.0 Å². The zero-order valence-corrected chi connectivity index (χ0v) is 13.0. The van der Waals surface area contributed by atoms with Crippen molar-refractivity contribution in [1.82, 2.24) is 9.62 Å². The molecule has 1 aromatic rings. The largest absolute Gasteiger partial charge is 0.397 e. The van der Waals surface area contributed by atoms with Gasteiger partial charge in [-0.3, -0.25) is 0 Å². The topological polar surface area (TPSA) is 75.4 Å². The average Bonchev–Trinajstić information content (AvgIpc) is 2.42. The molecule has 5 nitrogen and oxygen atoms in total. The van der Waals surface area contributed by atoms with E-state index in [-0.39, 0.29) is 16.6 Å². The summed E-state index contributed by atoms with van der Waals surface area (Å²) in [6.07, 6.45) is 1.66. The molecule has 0 bridgehead atoms. The molecule has 0 amide bonds. The number of rotatable bonds is 4. The number of nitrogens with zero attached hydrogens (tertiary/aromatic N) is 1. The Morgan fingerprint density at radius 1 is 1.40 bits per heavy atom. The van der Waals surface area contributed by atoms with Gasteiger partial charge in [-0.2, -0.15) is 0 Å². The smallest absolute Gasteiger partial charge is 0.240 e. The Balaban J connectivity index is 2.06. The number of hydrogen-bond acceptors (Lipinski definition) is 4. The minimum atomic E-state index is -3.53. The van der Waals surface area contributed by atoms with Gasteiger partial charge in [0.2, 0.25) is 10.0 Å². The second-order valence-corrected chi connectivity index (χ2v) is 7.13. The highest BCUT2D eigenvalue weighted by Gasteiger charge is 2.24. The first kappa shape index (κ1) is 15.6. The van der Waals surface area contributed by atoms with Crippen molar-refractivity contribution < 1.29 is 8.42 Å². The zero-order chi connectivity index (χ0) is 14.8. The van der Waals surface area contributed by atoms with E-state index in [0.717, 1.165) is 32.5 Å². The Morgan fingerprint density at radius 3 is 2.60 bits per heavy atom. The molecule has 1 aliphatic heterocycles. The summed E-state index contributed by atoms with van der Waals surface area (Å²) >= 11 is 5.81. The van der Waals surface area contributed by atoms with Crippen molar-refractivity contribution >= 4 is 27.3 Å². The van der Waals surface area contributed by atoms with Gasteiger partial charge >= 0.3 is 0 Å². The first-order chi connectivity index (χ1) is 9.42. The van der Waals surface area contributed by atoms with Crippen LogP contribution in [0.4, 0.5) is 5.69 Å². The Hall–Kier alpha value is -0.820. The number of piperidine rings is 1. The molecule has 1 aromatic carbocycles. The summed E-state index contributed by atoms with van der Waals surface area (Å²) in [7, 11) is -3.53. The molecule has 0 unspecified atom stereocenters. The van der Waals surface area contributed by atoms with E-state index in [1.807, 2.05) is 0 Å². The van der Waals surface area contributed by atoms with Crippen LogP contribution < -0.4 is 10.5 Å². The number of hydrogen-bond donors (Lipinski definition) is 2. The van der Waals surface area contributed by atoms with Gasteiger partial charge in [0, 0.05) is 6.04 Å². The molecular weight excluding hydrogens is 298 g/mol. The predicted molar refractivity (Wildman–Crippen MR) is 81.3 cm³/mol. The maximum atomic E-state index is 12.3. The quantitative estimate of drug-likeness (QED) is 0.829. The molecule has 0 saturated carbocycles. The van der Waals surface area contributed by atoms with Gasteiger partial charge in [-0.25, -0.2) is 13.1 Å². The van der Waals surface area contributed by atoms with Crippen molar-refractivity contribution in [2.75, 3.05) is 25.4 Å². The van der Waals surface area contributed by atoms with Crippen LogP contribution in [0, 0.1) is 0 Å². The van der Waals surface area contributed by atoms with Gasteiger partial charge in [-0.05, 0) is 50.7 Å². The first-order valence-corrected chi connectivity index (χ1v) is 8.58. The fraction of sp³-hybridized carbons (Fsp3) is 0.538. The average molecular weight is 318 g/mol. The minimum absolute atomic E-state index is 0.0142. The molecule has 1 aliphatic rings. The van der Waals surface area contributed by atoms with Crippen LogP contribution in [0.1, 0.15) is 19.8 Å². The van der Waals surface area contributed by atoms with E-state index in [1.165, 1.54) is 18.2 Å². The third kappa shape index (κ3) is 3.63. The van der Waals surface area contributed by atoms with Crippen molar-refractivity contribution in [3.05, 3.63) is 23.2 Å². The second kappa shape index (κ2) is 6.30. The maximum Gasteiger partial charge on any atom is 0.240 e. The molecule has 1 heterocycles. The Morgan fingerprint density at radius 2 is 2.05 bits per heavy atom. The molecule has 0 spiro atoms. The number of nitrogens with one attached hydrogen (secondary N) is 1. The number of benzene rings is 1. The summed E-state index contributed by atoms with van der Waals surface area (Å²) in [6.45, 7) is 4.97. The number of sulfonamides is 1. The molecule has 0 atom stereocenters. The van der Waals surface area contributed by atoms with E-state index in [1.54, 1.807) is 0 Å². The Labute approximate surface area is 125 Å². The summed E-state index contributed by atoms with van der Waals surface area (Å²) in [6, 6.07) is 4.36. The number of anilines is 1. The molecule has 112 valence electrons. The van der Waals surface area contributed by atoms with Gasteiger partial charge in [0.25, 0.3) is 0 Å². The van der Waals surface area contributed by atoms with E-state index in [0.29, 0.717) is 5.02 Å². The van der Waals surface area contributed by atoms with Crippen LogP contribution in [0.25, 0.3) is 0 Å². The fourth-order valence-corrected chi connectivity index (χ4v) is 3.80. The SMILES string of the molecule is CCN1CCC(NS(=O)(=O)c2ccc(Cl)c(N)c2)CC1. The van der Waals surface area contributed by atoms with Crippen molar-refractivity contribution in [2.45, 2.75) is 30.7 Å². The summed E-state index contributed by atoms with van der Waals surface area (Å²) in [5, 5.41) is 0.361. The molecule has 0 aliphatic carbocycles. The predicted octanol–water partition coefficient (Wildman–Crippen LogP) is 1.68. The molecule has 1 saturated heterocycles. The summed E-state index contributed by atoms with van der Waals surface area (Å²) in [5.41, 5.74) is 5.93. The first-order valence-electron chi connectivity index (χ1n) is 6.72. The van der Waals surface area contributed by atoms with Gasteiger partial charge in [0.1, 0.15) is 0 Å². The highest BCUT2D eigenvalue weighted by Crippen LogP contribution is 2.23. The number of halogens is 1. The molecule has 3 N–H and O–H groups in total. The lowest BCUT2D eigenvalue weighted by atomic mass is 10.1. The number of likely N-dealkylation sites (tertiary alicyclic amines) is 1. The van der Waals surface area contributed by atoms with E-state index < -0.39 is 10.0 Å². The highest BCUT2D eigenvalue weighted by molar-refractivity contribution is 7.89. The molecule has 0 radical (unpaired) electrons. The van der Waals surface area contributed by atoms with Crippen LogP contribution >= 0.6 is 11.6 Å². The van der Waals surface area contributed by atoms with Crippen molar-refractivity contribution in [3.8, 4) is 0 Å². The van der Waals surface area contributed by atoms with Crippen molar-refractivity contribution in [3.63, 3.8) is 0 Å². The van der Waals surface area contributed by atoms with Crippen molar-refractivity contribution in [2.24, 2.45) is 0 Å². The van der Waals surface area contributed by atoms with Crippen LogP contribution in [0.5, 0.6) is 0 Å². The maximum absolute atomic E-state index is 12.3. The zero-order valence-electron chi connectivity index (χ0n) is 11.5.